The predicted molar refractivity (Wildman–Crippen MR) is 79.1 cm³/mol. The van der Waals surface area contributed by atoms with Gasteiger partial charge in [-0.15, -0.1) is 0 Å². The van der Waals surface area contributed by atoms with Crippen LogP contribution in [-0.2, 0) is 5.41 Å². The molecular formula is C17H22FN. The van der Waals surface area contributed by atoms with Gasteiger partial charge in [0.2, 0.25) is 5.95 Å². The van der Waals surface area contributed by atoms with E-state index in [4.69, 9.17) is 0 Å². The molecule has 0 aliphatic heterocycles. The van der Waals surface area contributed by atoms with Crippen LogP contribution in [0.5, 0.6) is 0 Å². The second kappa shape index (κ2) is 4.92. The average Bonchev–Trinajstić information content (AvgIpc) is 2.36. The molecule has 0 fully saturated rings. The molecule has 0 saturated heterocycles. The molecule has 2 aromatic rings. The monoisotopic (exact) mass is 259 g/mol. The fraction of sp³-hybridized carbons (Fsp3) is 0.471. The highest BCUT2D eigenvalue weighted by Crippen LogP contribution is 2.34. The molecule has 1 nitrogen and oxygen atoms in total. The molecule has 19 heavy (non-hydrogen) atoms. The third-order valence-corrected chi connectivity index (χ3v) is 3.72. The molecule has 0 saturated carbocycles. The minimum absolute atomic E-state index is 0.158. The Kier molecular flexibility index (Phi) is 3.62. The molecule has 1 unspecified atom stereocenters. The first-order valence-electron chi connectivity index (χ1n) is 6.94. The molecule has 1 aromatic carbocycles. The number of halogens is 1. The Morgan fingerprint density at radius 3 is 2.26 bits per heavy atom. The number of aromatic nitrogens is 1. The Balaban J connectivity index is 2.85. The molecule has 0 radical (unpaired) electrons. The summed E-state index contributed by atoms with van der Waals surface area (Å²) in [4.78, 5) is 4.27. The molecule has 0 aliphatic carbocycles. The van der Waals surface area contributed by atoms with Crippen molar-refractivity contribution in [1.29, 1.82) is 0 Å². The lowest BCUT2D eigenvalue weighted by molar-refractivity contribution is 0.512. The summed E-state index contributed by atoms with van der Waals surface area (Å²) in [6.45, 7) is 10.4. The van der Waals surface area contributed by atoms with Crippen molar-refractivity contribution < 1.29 is 4.39 Å². The van der Waals surface area contributed by atoms with Gasteiger partial charge in [-0.3, -0.25) is 0 Å². The number of rotatable bonds is 2. The first-order valence-corrected chi connectivity index (χ1v) is 6.94. The summed E-state index contributed by atoms with van der Waals surface area (Å²) in [5.74, 6) is -0.121. The SMILES string of the molecule is CCC(C)c1c(F)nc(C(C)(C)C)c2ccccc12. The normalized spacial score (nSPS) is 13.8. The van der Waals surface area contributed by atoms with Gasteiger partial charge in [0, 0.05) is 16.4 Å². The quantitative estimate of drug-likeness (QED) is 0.677. The van der Waals surface area contributed by atoms with Crippen LogP contribution >= 0.6 is 0 Å². The smallest absolute Gasteiger partial charge is 0.217 e. The van der Waals surface area contributed by atoms with E-state index in [1.807, 2.05) is 24.3 Å². The van der Waals surface area contributed by atoms with Crippen LogP contribution in [0.25, 0.3) is 10.8 Å². The van der Waals surface area contributed by atoms with Crippen molar-refractivity contribution in [3.8, 4) is 0 Å². The molecule has 0 spiro atoms. The highest BCUT2D eigenvalue weighted by molar-refractivity contribution is 5.88. The van der Waals surface area contributed by atoms with Crippen LogP contribution in [0.2, 0.25) is 0 Å². The van der Waals surface area contributed by atoms with E-state index >= 15 is 0 Å². The highest BCUT2D eigenvalue weighted by Gasteiger charge is 2.24. The molecule has 102 valence electrons. The third kappa shape index (κ3) is 2.49. The molecule has 0 N–H and O–H groups in total. The Labute approximate surface area is 114 Å². The fourth-order valence-corrected chi connectivity index (χ4v) is 2.50. The Bertz CT molecular complexity index is 596. The minimum Gasteiger partial charge on any atom is -0.223 e. The van der Waals surface area contributed by atoms with E-state index in [0.29, 0.717) is 0 Å². The summed E-state index contributed by atoms with van der Waals surface area (Å²) in [5.41, 5.74) is 1.44. The second-order valence-corrected chi connectivity index (χ2v) is 6.27. The molecule has 1 heterocycles. The van der Waals surface area contributed by atoms with E-state index in [1.165, 1.54) is 0 Å². The Morgan fingerprint density at radius 1 is 1.16 bits per heavy atom. The van der Waals surface area contributed by atoms with Crippen LogP contribution in [0.15, 0.2) is 24.3 Å². The van der Waals surface area contributed by atoms with Crippen molar-refractivity contribution in [1.82, 2.24) is 4.98 Å². The van der Waals surface area contributed by atoms with Gasteiger partial charge in [0.05, 0.1) is 5.69 Å². The first-order chi connectivity index (χ1) is 8.86. The molecule has 0 aliphatic rings. The van der Waals surface area contributed by atoms with Crippen molar-refractivity contribution in [2.24, 2.45) is 0 Å². The van der Waals surface area contributed by atoms with Crippen LogP contribution < -0.4 is 0 Å². The summed E-state index contributed by atoms with van der Waals surface area (Å²) in [6, 6.07) is 8.03. The molecule has 2 rings (SSSR count). The Hall–Kier alpha value is -1.44. The first kappa shape index (κ1) is 14.0. The fourth-order valence-electron chi connectivity index (χ4n) is 2.50. The predicted octanol–water partition coefficient (Wildman–Crippen LogP) is 5.18. The topological polar surface area (TPSA) is 12.9 Å². The number of benzene rings is 1. The lowest BCUT2D eigenvalue weighted by Crippen LogP contribution is -2.16. The van der Waals surface area contributed by atoms with Gasteiger partial charge in [-0.05, 0) is 17.7 Å². The maximum atomic E-state index is 14.4. The van der Waals surface area contributed by atoms with E-state index in [2.05, 4.69) is 39.6 Å². The molecular weight excluding hydrogens is 237 g/mol. The summed E-state index contributed by atoms with van der Waals surface area (Å²) in [6.07, 6.45) is 0.914. The lowest BCUT2D eigenvalue weighted by atomic mass is 9.85. The standard InChI is InChI=1S/C17H22FN/c1-6-11(2)14-12-9-7-8-10-13(12)15(17(3,4)5)19-16(14)18/h7-11H,6H2,1-5H3. The van der Waals surface area contributed by atoms with Crippen LogP contribution in [0, 0.1) is 5.95 Å². The summed E-state index contributed by atoms with van der Waals surface area (Å²) >= 11 is 0. The largest absolute Gasteiger partial charge is 0.223 e. The van der Waals surface area contributed by atoms with E-state index in [9.17, 15) is 4.39 Å². The molecule has 1 atom stereocenters. The second-order valence-electron chi connectivity index (χ2n) is 6.27. The maximum absolute atomic E-state index is 14.4. The van der Waals surface area contributed by atoms with Gasteiger partial charge in [-0.25, -0.2) is 4.98 Å². The van der Waals surface area contributed by atoms with Crippen LogP contribution in [0.4, 0.5) is 4.39 Å². The van der Waals surface area contributed by atoms with Crippen molar-refractivity contribution >= 4 is 10.8 Å². The van der Waals surface area contributed by atoms with Gasteiger partial charge < -0.3 is 0 Å². The average molecular weight is 259 g/mol. The zero-order chi connectivity index (χ0) is 14.2. The number of pyridine rings is 1. The van der Waals surface area contributed by atoms with Gasteiger partial charge in [-0.2, -0.15) is 4.39 Å². The van der Waals surface area contributed by atoms with Gasteiger partial charge in [0.15, 0.2) is 0 Å². The molecule has 2 heteroatoms. The van der Waals surface area contributed by atoms with Crippen LogP contribution in [0.3, 0.4) is 0 Å². The number of fused-ring (bicyclic) bond motifs is 1. The summed E-state index contributed by atoms with van der Waals surface area (Å²) < 4.78 is 14.4. The van der Waals surface area contributed by atoms with Gasteiger partial charge in [0.1, 0.15) is 0 Å². The number of hydrogen-bond donors (Lipinski definition) is 0. The lowest BCUT2D eigenvalue weighted by Gasteiger charge is -2.23. The van der Waals surface area contributed by atoms with Gasteiger partial charge in [0.25, 0.3) is 0 Å². The van der Waals surface area contributed by atoms with Gasteiger partial charge >= 0.3 is 0 Å². The third-order valence-electron chi connectivity index (χ3n) is 3.72. The van der Waals surface area contributed by atoms with Crippen LogP contribution in [0.1, 0.15) is 58.2 Å². The minimum atomic E-state index is -0.307. The zero-order valence-corrected chi connectivity index (χ0v) is 12.4. The van der Waals surface area contributed by atoms with Crippen molar-refractivity contribution in [3.05, 3.63) is 41.5 Å². The Morgan fingerprint density at radius 2 is 1.74 bits per heavy atom. The highest BCUT2D eigenvalue weighted by atomic mass is 19.1. The maximum Gasteiger partial charge on any atom is 0.217 e. The van der Waals surface area contributed by atoms with E-state index in [-0.39, 0.29) is 17.3 Å². The molecule has 0 amide bonds. The van der Waals surface area contributed by atoms with Crippen molar-refractivity contribution in [2.45, 2.75) is 52.4 Å². The zero-order valence-electron chi connectivity index (χ0n) is 12.4. The molecule has 0 bridgehead atoms. The summed E-state index contributed by atoms with van der Waals surface area (Å²) in [5, 5.41) is 2.08. The summed E-state index contributed by atoms with van der Waals surface area (Å²) in [7, 11) is 0. The number of nitrogens with zero attached hydrogens (tertiary/aromatic N) is 1. The van der Waals surface area contributed by atoms with E-state index in [1.54, 1.807) is 0 Å². The van der Waals surface area contributed by atoms with Gasteiger partial charge in [-0.1, -0.05) is 58.9 Å². The molecule has 1 aromatic heterocycles. The van der Waals surface area contributed by atoms with Crippen LogP contribution in [-0.4, -0.2) is 4.98 Å². The van der Waals surface area contributed by atoms with E-state index < -0.39 is 0 Å². The number of hydrogen-bond acceptors (Lipinski definition) is 1. The van der Waals surface area contributed by atoms with Crippen molar-refractivity contribution in [2.75, 3.05) is 0 Å². The van der Waals surface area contributed by atoms with E-state index in [0.717, 1.165) is 28.5 Å². The van der Waals surface area contributed by atoms with Crippen molar-refractivity contribution in [3.63, 3.8) is 0 Å².